The molecule has 1 saturated heterocycles. The van der Waals surface area contributed by atoms with Crippen molar-refractivity contribution in [1.82, 2.24) is 0 Å². The molecule has 0 unspecified atom stereocenters. The standard InChI is InChI=1S/C26H26O5/c1-18-7-8-20(24-6-4-3-5-19(24)2)13-21(18)14-30-23-11-9-22(10-12-23)26(16-29-17-26)31-15-25(27)28/h3-13H,14-17H2,1-2H3,(H,27,28). The number of aliphatic carboxylic acids is 1. The summed E-state index contributed by atoms with van der Waals surface area (Å²) >= 11 is 0. The molecule has 3 aromatic rings. The van der Waals surface area contributed by atoms with Crippen molar-refractivity contribution < 1.29 is 24.1 Å². The highest BCUT2D eigenvalue weighted by molar-refractivity contribution is 5.68. The van der Waals surface area contributed by atoms with E-state index < -0.39 is 11.6 Å². The highest BCUT2D eigenvalue weighted by Crippen LogP contribution is 2.35. The van der Waals surface area contributed by atoms with Gasteiger partial charge in [-0.25, -0.2) is 4.79 Å². The van der Waals surface area contributed by atoms with Gasteiger partial charge in [0.2, 0.25) is 0 Å². The Morgan fingerprint density at radius 1 is 1.00 bits per heavy atom. The van der Waals surface area contributed by atoms with Gasteiger partial charge in [-0.1, -0.05) is 48.5 Å². The molecule has 1 N–H and O–H groups in total. The van der Waals surface area contributed by atoms with Gasteiger partial charge in [0.25, 0.3) is 0 Å². The smallest absolute Gasteiger partial charge is 0.329 e. The Bertz CT molecular complexity index is 1070. The normalized spacial score (nSPS) is 14.6. The predicted molar refractivity (Wildman–Crippen MR) is 118 cm³/mol. The number of ether oxygens (including phenoxy) is 3. The second-order valence-electron chi connectivity index (χ2n) is 7.94. The Hall–Kier alpha value is -3.15. The van der Waals surface area contributed by atoms with E-state index in [4.69, 9.17) is 19.3 Å². The van der Waals surface area contributed by atoms with Gasteiger partial charge in [-0.3, -0.25) is 0 Å². The summed E-state index contributed by atoms with van der Waals surface area (Å²) in [5.41, 5.74) is 6.18. The number of carboxylic acids is 1. The minimum Gasteiger partial charge on any atom is -0.489 e. The fourth-order valence-corrected chi connectivity index (χ4v) is 3.73. The third-order valence-electron chi connectivity index (χ3n) is 5.72. The van der Waals surface area contributed by atoms with Crippen LogP contribution in [-0.4, -0.2) is 30.9 Å². The van der Waals surface area contributed by atoms with Crippen LogP contribution in [0.5, 0.6) is 5.75 Å². The zero-order chi connectivity index (χ0) is 21.8. The van der Waals surface area contributed by atoms with Crippen LogP contribution in [0.3, 0.4) is 0 Å². The van der Waals surface area contributed by atoms with Gasteiger partial charge in [0, 0.05) is 0 Å². The molecule has 5 nitrogen and oxygen atoms in total. The summed E-state index contributed by atoms with van der Waals surface area (Å²) in [5.74, 6) is -0.243. The van der Waals surface area contributed by atoms with Crippen molar-refractivity contribution in [1.29, 1.82) is 0 Å². The molecule has 0 bridgehead atoms. The topological polar surface area (TPSA) is 65.0 Å². The quantitative estimate of drug-likeness (QED) is 0.565. The van der Waals surface area contributed by atoms with E-state index >= 15 is 0 Å². The van der Waals surface area contributed by atoms with Crippen molar-refractivity contribution in [3.63, 3.8) is 0 Å². The molecule has 0 amide bonds. The van der Waals surface area contributed by atoms with E-state index in [9.17, 15) is 4.79 Å². The Balaban J connectivity index is 1.46. The summed E-state index contributed by atoms with van der Waals surface area (Å²) in [6.07, 6.45) is 0. The number of carbonyl (C=O) groups is 1. The zero-order valence-electron chi connectivity index (χ0n) is 17.8. The number of hydrogen-bond donors (Lipinski definition) is 1. The number of carboxylic acid groups (broad SMARTS) is 1. The Labute approximate surface area is 182 Å². The first kappa shape index (κ1) is 21.1. The van der Waals surface area contributed by atoms with Crippen molar-refractivity contribution in [3.05, 3.63) is 89.0 Å². The average molecular weight is 418 g/mol. The Morgan fingerprint density at radius 3 is 2.39 bits per heavy atom. The van der Waals surface area contributed by atoms with E-state index in [1.807, 2.05) is 30.3 Å². The van der Waals surface area contributed by atoms with Crippen molar-refractivity contribution >= 4 is 5.97 Å². The van der Waals surface area contributed by atoms with Crippen LogP contribution in [0.25, 0.3) is 11.1 Å². The molecule has 160 valence electrons. The van der Waals surface area contributed by atoms with Crippen molar-refractivity contribution in [2.45, 2.75) is 26.1 Å². The lowest BCUT2D eigenvalue weighted by atomic mass is 9.91. The maximum atomic E-state index is 10.9. The second kappa shape index (κ2) is 8.92. The minimum atomic E-state index is -0.991. The molecule has 0 saturated carbocycles. The van der Waals surface area contributed by atoms with Crippen LogP contribution in [0, 0.1) is 13.8 Å². The minimum absolute atomic E-state index is 0.349. The molecule has 1 fully saturated rings. The summed E-state index contributed by atoms with van der Waals surface area (Å²) in [6, 6.07) is 22.4. The molecule has 0 spiro atoms. The van der Waals surface area contributed by atoms with Crippen LogP contribution < -0.4 is 4.74 Å². The molecule has 1 aliphatic heterocycles. The molecule has 0 aromatic heterocycles. The lowest BCUT2D eigenvalue weighted by molar-refractivity contribution is -0.220. The number of benzene rings is 3. The van der Waals surface area contributed by atoms with Gasteiger partial charge in [0.15, 0.2) is 0 Å². The summed E-state index contributed by atoms with van der Waals surface area (Å²) in [4.78, 5) is 10.9. The van der Waals surface area contributed by atoms with Gasteiger partial charge >= 0.3 is 5.97 Å². The lowest BCUT2D eigenvalue weighted by Crippen LogP contribution is -2.49. The van der Waals surface area contributed by atoms with Gasteiger partial charge in [-0.05, 0) is 65.4 Å². The van der Waals surface area contributed by atoms with E-state index in [-0.39, 0.29) is 6.61 Å². The summed E-state index contributed by atoms with van der Waals surface area (Å²) in [5, 5.41) is 8.91. The van der Waals surface area contributed by atoms with E-state index in [0.717, 1.165) is 16.9 Å². The second-order valence-corrected chi connectivity index (χ2v) is 7.94. The molecule has 0 atom stereocenters. The first-order valence-electron chi connectivity index (χ1n) is 10.3. The molecule has 1 heterocycles. The molecule has 5 heteroatoms. The predicted octanol–water partition coefficient (Wildman–Crippen LogP) is 4.88. The SMILES string of the molecule is Cc1ccc(-c2ccccc2C)cc1COc1ccc(C2(OCC(=O)O)COC2)cc1. The zero-order valence-corrected chi connectivity index (χ0v) is 17.8. The van der Waals surface area contributed by atoms with Gasteiger partial charge in [0.1, 0.15) is 24.6 Å². The van der Waals surface area contributed by atoms with Crippen molar-refractivity contribution in [2.75, 3.05) is 19.8 Å². The fraction of sp³-hybridized carbons (Fsp3) is 0.269. The molecule has 1 aliphatic rings. The maximum absolute atomic E-state index is 10.9. The third kappa shape index (κ3) is 4.63. The number of rotatable bonds is 8. The highest BCUT2D eigenvalue weighted by Gasteiger charge is 2.42. The number of aryl methyl sites for hydroxylation is 2. The lowest BCUT2D eigenvalue weighted by Gasteiger charge is -2.41. The molecular formula is C26H26O5. The van der Waals surface area contributed by atoms with Gasteiger partial charge < -0.3 is 19.3 Å². The van der Waals surface area contributed by atoms with Gasteiger partial charge in [-0.2, -0.15) is 0 Å². The summed E-state index contributed by atoms with van der Waals surface area (Å²) in [6.45, 7) is 5.03. The molecule has 4 rings (SSSR count). The third-order valence-corrected chi connectivity index (χ3v) is 5.72. The molecule has 0 radical (unpaired) electrons. The van der Waals surface area contributed by atoms with Gasteiger partial charge in [0.05, 0.1) is 13.2 Å². The van der Waals surface area contributed by atoms with Crippen LogP contribution >= 0.6 is 0 Å². The average Bonchev–Trinajstić information content (AvgIpc) is 2.73. The fourth-order valence-electron chi connectivity index (χ4n) is 3.73. The number of hydrogen-bond acceptors (Lipinski definition) is 4. The van der Waals surface area contributed by atoms with Crippen LogP contribution in [0.15, 0.2) is 66.7 Å². The van der Waals surface area contributed by atoms with E-state index in [0.29, 0.717) is 19.8 Å². The summed E-state index contributed by atoms with van der Waals surface area (Å²) in [7, 11) is 0. The highest BCUT2D eigenvalue weighted by atomic mass is 16.6. The Morgan fingerprint density at radius 2 is 1.74 bits per heavy atom. The monoisotopic (exact) mass is 418 g/mol. The van der Waals surface area contributed by atoms with E-state index in [1.165, 1.54) is 22.3 Å². The van der Waals surface area contributed by atoms with Crippen LogP contribution in [-0.2, 0) is 26.5 Å². The van der Waals surface area contributed by atoms with Crippen LogP contribution in [0.1, 0.15) is 22.3 Å². The van der Waals surface area contributed by atoms with Crippen LogP contribution in [0.2, 0.25) is 0 Å². The van der Waals surface area contributed by atoms with E-state index in [2.05, 4.69) is 50.2 Å². The van der Waals surface area contributed by atoms with Gasteiger partial charge in [-0.15, -0.1) is 0 Å². The summed E-state index contributed by atoms with van der Waals surface area (Å²) < 4.78 is 16.9. The maximum Gasteiger partial charge on any atom is 0.329 e. The largest absolute Gasteiger partial charge is 0.489 e. The molecule has 31 heavy (non-hydrogen) atoms. The first-order chi connectivity index (χ1) is 15.0. The molecule has 0 aliphatic carbocycles. The molecule has 3 aromatic carbocycles. The van der Waals surface area contributed by atoms with E-state index in [1.54, 1.807) is 0 Å². The van der Waals surface area contributed by atoms with Crippen molar-refractivity contribution in [3.8, 4) is 16.9 Å². The van der Waals surface area contributed by atoms with Crippen LogP contribution in [0.4, 0.5) is 0 Å². The first-order valence-corrected chi connectivity index (χ1v) is 10.3. The van der Waals surface area contributed by atoms with Crippen molar-refractivity contribution in [2.24, 2.45) is 0 Å². The molecular weight excluding hydrogens is 392 g/mol. The Kier molecular flexibility index (Phi) is 6.07.